The Balaban J connectivity index is 2.08. The van der Waals surface area contributed by atoms with E-state index in [0.717, 1.165) is 11.3 Å². The molecular weight excluding hydrogens is 330 g/mol. The molecule has 0 aliphatic rings. The summed E-state index contributed by atoms with van der Waals surface area (Å²) in [5.74, 6) is 0.650. The highest BCUT2D eigenvalue weighted by atomic mass is 16.5. The van der Waals surface area contributed by atoms with E-state index in [-0.39, 0.29) is 5.91 Å². The lowest BCUT2D eigenvalue weighted by Gasteiger charge is -2.19. The van der Waals surface area contributed by atoms with Gasteiger partial charge in [-0.1, -0.05) is 12.1 Å². The number of hydrogen-bond donors (Lipinski definition) is 2. The molecular formula is C20H23N3O3. The van der Waals surface area contributed by atoms with E-state index in [1.165, 1.54) is 0 Å². The minimum absolute atomic E-state index is 0.0718. The normalized spacial score (nSPS) is 12.2. The molecule has 0 radical (unpaired) electrons. The smallest absolute Gasteiger partial charge is 0.256 e. The molecule has 26 heavy (non-hydrogen) atoms. The van der Waals surface area contributed by atoms with E-state index in [1.54, 1.807) is 42.6 Å². The molecule has 3 rings (SSSR count). The van der Waals surface area contributed by atoms with Gasteiger partial charge in [0.1, 0.15) is 17.5 Å². The van der Waals surface area contributed by atoms with Crippen LogP contribution in [0.1, 0.15) is 41.4 Å². The Morgan fingerprint density at radius 1 is 1.23 bits per heavy atom. The molecule has 2 N–H and O–H groups in total. The highest BCUT2D eigenvalue weighted by Crippen LogP contribution is 2.31. The van der Waals surface area contributed by atoms with E-state index in [1.807, 2.05) is 26.0 Å². The SMILES string of the molecule is CCN(CC)C(=O)c1c[nH]c2nccc(C(O)c3ccc(OC)cc3)c12. The van der Waals surface area contributed by atoms with Crippen molar-refractivity contribution >= 4 is 16.9 Å². The number of rotatable bonds is 6. The third-order valence-corrected chi connectivity index (χ3v) is 4.61. The predicted octanol–water partition coefficient (Wildman–Crippen LogP) is 3.14. The number of ether oxygens (including phenoxy) is 1. The van der Waals surface area contributed by atoms with Gasteiger partial charge < -0.3 is 19.7 Å². The molecule has 3 aromatic rings. The van der Waals surface area contributed by atoms with Crippen LogP contribution in [0.2, 0.25) is 0 Å². The van der Waals surface area contributed by atoms with Crippen LogP contribution in [-0.4, -0.2) is 46.1 Å². The summed E-state index contributed by atoms with van der Waals surface area (Å²) in [6.45, 7) is 5.14. The predicted molar refractivity (Wildman–Crippen MR) is 100 cm³/mol. The van der Waals surface area contributed by atoms with Crippen LogP contribution in [0.25, 0.3) is 11.0 Å². The molecule has 0 saturated carbocycles. The van der Waals surface area contributed by atoms with E-state index in [4.69, 9.17) is 4.74 Å². The van der Waals surface area contributed by atoms with Crippen LogP contribution in [0.15, 0.2) is 42.7 Å². The number of amides is 1. The minimum atomic E-state index is -0.870. The average Bonchev–Trinajstić information content (AvgIpc) is 3.12. The number of fused-ring (bicyclic) bond motifs is 1. The molecule has 1 amide bonds. The van der Waals surface area contributed by atoms with Crippen molar-refractivity contribution in [3.63, 3.8) is 0 Å². The molecule has 136 valence electrons. The Kier molecular flexibility index (Phi) is 5.23. The lowest BCUT2D eigenvalue weighted by molar-refractivity contribution is 0.0775. The number of benzene rings is 1. The number of aliphatic hydroxyl groups excluding tert-OH is 1. The van der Waals surface area contributed by atoms with Gasteiger partial charge in [0.15, 0.2) is 0 Å². The summed E-state index contributed by atoms with van der Waals surface area (Å²) >= 11 is 0. The van der Waals surface area contributed by atoms with Gasteiger partial charge in [-0.3, -0.25) is 4.79 Å². The molecule has 1 atom stereocenters. The van der Waals surface area contributed by atoms with Gasteiger partial charge in [0, 0.05) is 30.9 Å². The molecule has 0 aliphatic carbocycles. The monoisotopic (exact) mass is 353 g/mol. The molecule has 6 heteroatoms. The van der Waals surface area contributed by atoms with Crippen molar-refractivity contribution in [3.05, 3.63) is 59.4 Å². The van der Waals surface area contributed by atoms with E-state index in [0.29, 0.717) is 35.2 Å². The number of aliphatic hydroxyl groups is 1. The first-order chi connectivity index (χ1) is 12.6. The van der Waals surface area contributed by atoms with Crippen molar-refractivity contribution in [2.45, 2.75) is 20.0 Å². The van der Waals surface area contributed by atoms with Crippen molar-refractivity contribution in [1.29, 1.82) is 0 Å². The zero-order valence-electron chi connectivity index (χ0n) is 15.2. The zero-order valence-corrected chi connectivity index (χ0v) is 15.2. The fraction of sp³-hybridized carbons (Fsp3) is 0.300. The molecule has 0 saturated heterocycles. The standard InChI is InChI=1S/C20H23N3O3/c1-4-23(5-2)20(25)16-12-22-19-17(16)15(10-11-21-19)18(24)13-6-8-14(26-3)9-7-13/h6-12,18,24H,4-5H2,1-3H3,(H,21,22). The zero-order chi connectivity index (χ0) is 18.7. The number of hydrogen-bond acceptors (Lipinski definition) is 4. The maximum atomic E-state index is 12.9. The maximum Gasteiger partial charge on any atom is 0.256 e. The number of aromatic amines is 1. The van der Waals surface area contributed by atoms with E-state index in [9.17, 15) is 9.90 Å². The van der Waals surface area contributed by atoms with Crippen molar-refractivity contribution in [1.82, 2.24) is 14.9 Å². The summed E-state index contributed by atoms with van der Waals surface area (Å²) in [6.07, 6.45) is 2.43. The molecule has 2 aromatic heterocycles. The second kappa shape index (κ2) is 7.58. The Labute approximate surface area is 152 Å². The van der Waals surface area contributed by atoms with Gasteiger partial charge in [-0.25, -0.2) is 4.98 Å². The van der Waals surface area contributed by atoms with Crippen molar-refractivity contribution in [2.24, 2.45) is 0 Å². The van der Waals surface area contributed by atoms with Crippen molar-refractivity contribution in [2.75, 3.05) is 20.2 Å². The van der Waals surface area contributed by atoms with Crippen molar-refractivity contribution in [3.8, 4) is 5.75 Å². The summed E-state index contributed by atoms with van der Waals surface area (Å²) < 4.78 is 5.17. The molecule has 0 bridgehead atoms. The number of nitrogens with one attached hydrogen (secondary N) is 1. The van der Waals surface area contributed by atoms with Gasteiger partial charge in [-0.15, -0.1) is 0 Å². The van der Waals surface area contributed by atoms with Crippen LogP contribution < -0.4 is 4.74 Å². The van der Waals surface area contributed by atoms with Gasteiger partial charge in [0.25, 0.3) is 5.91 Å². The number of H-pyrrole nitrogens is 1. The maximum absolute atomic E-state index is 12.9. The molecule has 0 spiro atoms. The molecule has 6 nitrogen and oxygen atoms in total. The minimum Gasteiger partial charge on any atom is -0.497 e. The number of nitrogens with zero attached hydrogens (tertiary/aromatic N) is 2. The van der Waals surface area contributed by atoms with Gasteiger partial charge in [-0.2, -0.15) is 0 Å². The Bertz CT molecular complexity index is 898. The van der Waals surface area contributed by atoms with Crippen LogP contribution in [0.5, 0.6) is 5.75 Å². The van der Waals surface area contributed by atoms with Gasteiger partial charge >= 0.3 is 0 Å². The molecule has 2 heterocycles. The van der Waals surface area contributed by atoms with Crippen molar-refractivity contribution < 1.29 is 14.6 Å². The molecule has 1 aromatic carbocycles. The lowest BCUT2D eigenvalue weighted by Crippen LogP contribution is -2.30. The number of pyridine rings is 1. The Morgan fingerprint density at radius 2 is 1.92 bits per heavy atom. The first-order valence-electron chi connectivity index (χ1n) is 8.67. The third-order valence-electron chi connectivity index (χ3n) is 4.61. The lowest BCUT2D eigenvalue weighted by atomic mass is 9.97. The first kappa shape index (κ1) is 17.9. The molecule has 0 aliphatic heterocycles. The topological polar surface area (TPSA) is 78.5 Å². The summed E-state index contributed by atoms with van der Waals surface area (Å²) in [5.41, 5.74) is 2.49. The number of carbonyl (C=O) groups excluding carboxylic acids is 1. The summed E-state index contributed by atoms with van der Waals surface area (Å²) in [7, 11) is 1.60. The van der Waals surface area contributed by atoms with Crippen LogP contribution in [0.4, 0.5) is 0 Å². The van der Waals surface area contributed by atoms with Crippen LogP contribution in [-0.2, 0) is 0 Å². The summed E-state index contributed by atoms with van der Waals surface area (Å²) in [5, 5.41) is 11.6. The van der Waals surface area contributed by atoms with Crippen LogP contribution in [0.3, 0.4) is 0 Å². The van der Waals surface area contributed by atoms with E-state index in [2.05, 4.69) is 9.97 Å². The van der Waals surface area contributed by atoms with Gasteiger partial charge in [0.05, 0.1) is 12.7 Å². The second-order valence-corrected chi connectivity index (χ2v) is 5.98. The number of methoxy groups -OCH3 is 1. The van der Waals surface area contributed by atoms with Crippen LogP contribution in [0, 0.1) is 0 Å². The largest absolute Gasteiger partial charge is 0.497 e. The first-order valence-corrected chi connectivity index (χ1v) is 8.67. The van der Waals surface area contributed by atoms with Gasteiger partial charge in [0.2, 0.25) is 0 Å². The highest BCUT2D eigenvalue weighted by Gasteiger charge is 2.23. The second-order valence-electron chi connectivity index (χ2n) is 5.98. The summed E-state index contributed by atoms with van der Waals surface area (Å²) in [4.78, 5) is 22.0. The summed E-state index contributed by atoms with van der Waals surface area (Å²) in [6, 6.07) is 8.98. The number of carbonyl (C=O) groups is 1. The average molecular weight is 353 g/mol. The Hall–Kier alpha value is -2.86. The van der Waals surface area contributed by atoms with E-state index < -0.39 is 6.10 Å². The fourth-order valence-electron chi connectivity index (χ4n) is 3.13. The van der Waals surface area contributed by atoms with Crippen LogP contribution >= 0.6 is 0 Å². The quantitative estimate of drug-likeness (QED) is 0.714. The Morgan fingerprint density at radius 3 is 2.54 bits per heavy atom. The molecule has 0 fully saturated rings. The highest BCUT2D eigenvalue weighted by molar-refractivity contribution is 6.07. The third kappa shape index (κ3) is 3.15. The van der Waals surface area contributed by atoms with Gasteiger partial charge in [-0.05, 0) is 43.2 Å². The van der Waals surface area contributed by atoms with E-state index >= 15 is 0 Å². The molecule has 1 unspecified atom stereocenters. The number of aromatic nitrogens is 2. The fourth-order valence-corrected chi connectivity index (χ4v) is 3.13.